The van der Waals surface area contributed by atoms with E-state index in [-0.39, 0.29) is 24.3 Å². The van der Waals surface area contributed by atoms with Crippen molar-refractivity contribution in [3.8, 4) is 5.75 Å². The summed E-state index contributed by atoms with van der Waals surface area (Å²) in [6.45, 7) is 0.431. The number of benzene rings is 1. The summed E-state index contributed by atoms with van der Waals surface area (Å²) in [6, 6.07) is 5.48. The molecular weight excluding hydrogens is 277 g/mol. The van der Waals surface area contributed by atoms with Gasteiger partial charge in [-0.1, -0.05) is 6.42 Å². The molecule has 1 aromatic rings. The number of esters is 1. The molecule has 0 aromatic heterocycles. The van der Waals surface area contributed by atoms with Gasteiger partial charge in [0, 0.05) is 13.0 Å². The molecule has 0 aliphatic rings. The maximum absolute atomic E-state index is 12.7. The van der Waals surface area contributed by atoms with Crippen LogP contribution in [0.4, 0.5) is 4.39 Å². The number of carbonyl (C=O) groups is 2. The fourth-order valence-electron chi connectivity index (χ4n) is 1.63. The van der Waals surface area contributed by atoms with E-state index < -0.39 is 0 Å². The standard InChI is InChI=1S/C15H20FNO4/c1-20-15(19)5-3-2-4-10-17-14(18)11-21-13-8-6-12(16)7-9-13/h6-9H,2-5,10-11H2,1H3,(H,17,18). The number of nitrogens with one attached hydrogen (secondary N) is 1. The van der Waals surface area contributed by atoms with Gasteiger partial charge in [-0.25, -0.2) is 4.39 Å². The van der Waals surface area contributed by atoms with Crippen molar-refractivity contribution < 1.29 is 23.5 Å². The van der Waals surface area contributed by atoms with E-state index in [1.165, 1.54) is 31.4 Å². The summed E-state index contributed by atoms with van der Waals surface area (Å²) < 4.78 is 22.4. The lowest BCUT2D eigenvalue weighted by Crippen LogP contribution is -2.29. The van der Waals surface area contributed by atoms with Gasteiger partial charge in [-0.2, -0.15) is 0 Å². The van der Waals surface area contributed by atoms with Crippen LogP contribution in [0.15, 0.2) is 24.3 Å². The third-order valence-corrected chi connectivity index (χ3v) is 2.79. The quantitative estimate of drug-likeness (QED) is 0.560. The molecule has 0 spiro atoms. The SMILES string of the molecule is COC(=O)CCCCCNC(=O)COc1ccc(F)cc1. The lowest BCUT2D eigenvalue weighted by atomic mass is 10.2. The Labute approximate surface area is 123 Å². The molecule has 21 heavy (non-hydrogen) atoms. The van der Waals surface area contributed by atoms with Gasteiger partial charge in [-0.05, 0) is 37.1 Å². The fraction of sp³-hybridized carbons (Fsp3) is 0.467. The highest BCUT2D eigenvalue weighted by Gasteiger charge is 2.03. The van der Waals surface area contributed by atoms with Crippen molar-refractivity contribution in [3.63, 3.8) is 0 Å². The number of hydrogen-bond acceptors (Lipinski definition) is 4. The molecule has 0 fully saturated rings. The number of carbonyl (C=O) groups excluding carboxylic acids is 2. The molecular formula is C15H20FNO4. The summed E-state index contributed by atoms with van der Waals surface area (Å²) in [6.07, 6.45) is 2.78. The number of unbranched alkanes of at least 4 members (excludes halogenated alkanes) is 2. The predicted octanol–water partition coefficient (Wildman–Crippen LogP) is 2.05. The Morgan fingerprint density at radius 1 is 1.14 bits per heavy atom. The second-order valence-corrected chi connectivity index (χ2v) is 4.48. The van der Waals surface area contributed by atoms with Crippen LogP contribution in [0.5, 0.6) is 5.75 Å². The van der Waals surface area contributed by atoms with Gasteiger partial charge in [0.2, 0.25) is 0 Å². The zero-order valence-corrected chi connectivity index (χ0v) is 12.1. The Bertz CT molecular complexity index is 447. The molecule has 116 valence electrons. The van der Waals surface area contributed by atoms with E-state index in [0.717, 1.165) is 19.3 Å². The van der Waals surface area contributed by atoms with Crippen LogP contribution in [-0.4, -0.2) is 32.1 Å². The molecule has 1 N–H and O–H groups in total. The zero-order valence-electron chi connectivity index (χ0n) is 12.1. The second kappa shape index (κ2) is 9.74. The van der Waals surface area contributed by atoms with E-state index in [0.29, 0.717) is 18.7 Å². The fourth-order valence-corrected chi connectivity index (χ4v) is 1.63. The summed E-state index contributed by atoms with van der Waals surface area (Å²) in [5.41, 5.74) is 0. The first-order valence-corrected chi connectivity index (χ1v) is 6.83. The molecule has 0 atom stereocenters. The lowest BCUT2D eigenvalue weighted by Gasteiger charge is -2.07. The molecule has 0 aliphatic carbocycles. The summed E-state index contributed by atoms with van der Waals surface area (Å²) >= 11 is 0. The van der Waals surface area contributed by atoms with Gasteiger partial charge >= 0.3 is 5.97 Å². The van der Waals surface area contributed by atoms with E-state index >= 15 is 0 Å². The largest absolute Gasteiger partial charge is 0.484 e. The first-order valence-electron chi connectivity index (χ1n) is 6.83. The number of ether oxygens (including phenoxy) is 2. The molecule has 0 heterocycles. The maximum atomic E-state index is 12.7. The third kappa shape index (κ3) is 7.91. The van der Waals surface area contributed by atoms with E-state index in [4.69, 9.17) is 4.74 Å². The molecule has 0 aliphatic heterocycles. The molecule has 6 heteroatoms. The summed E-state index contributed by atoms with van der Waals surface area (Å²) in [4.78, 5) is 22.3. The minimum absolute atomic E-state index is 0.103. The van der Waals surface area contributed by atoms with Crippen molar-refractivity contribution in [1.82, 2.24) is 5.32 Å². The van der Waals surface area contributed by atoms with Crippen molar-refractivity contribution in [2.75, 3.05) is 20.3 Å². The molecule has 0 radical (unpaired) electrons. The zero-order chi connectivity index (χ0) is 15.5. The topological polar surface area (TPSA) is 64.6 Å². The molecule has 5 nitrogen and oxygen atoms in total. The van der Waals surface area contributed by atoms with Crippen molar-refractivity contribution >= 4 is 11.9 Å². The van der Waals surface area contributed by atoms with Gasteiger partial charge in [-0.3, -0.25) is 9.59 Å². The minimum Gasteiger partial charge on any atom is -0.484 e. The monoisotopic (exact) mass is 297 g/mol. The Balaban J connectivity index is 2.04. The molecule has 0 unspecified atom stereocenters. The van der Waals surface area contributed by atoms with Crippen LogP contribution in [0.25, 0.3) is 0 Å². The first kappa shape index (κ1) is 16.9. The lowest BCUT2D eigenvalue weighted by molar-refractivity contribution is -0.140. The summed E-state index contributed by atoms with van der Waals surface area (Å²) in [5, 5.41) is 2.71. The van der Waals surface area contributed by atoms with Crippen LogP contribution in [0.1, 0.15) is 25.7 Å². The predicted molar refractivity (Wildman–Crippen MR) is 75.4 cm³/mol. The number of methoxy groups -OCH3 is 1. The number of halogens is 1. The van der Waals surface area contributed by atoms with Gasteiger partial charge in [0.1, 0.15) is 11.6 Å². The summed E-state index contributed by atoms with van der Waals surface area (Å²) in [7, 11) is 1.36. The molecule has 0 saturated carbocycles. The van der Waals surface area contributed by atoms with Crippen LogP contribution in [0, 0.1) is 5.82 Å². The van der Waals surface area contributed by atoms with Crippen molar-refractivity contribution in [3.05, 3.63) is 30.1 Å². The highest BCUT2D eigenvalue weighted by atomic mass is 19.1. The average Bonchev–Trinajstić information content (AvgIpc) is 2.49. The number of hydrogen-bond donors (Lipinski definition) is 1. The van der Waals surface area contributed by atoms with Crippen molar-refractivity contribution in [1.29, 1.82) is 0 Å². The Hall–Kier alpha value is -2.11. The van der Waals surface area contributed by atoms with Gasteiger partial charge < -0.3 is 14.8 Å². The molecule has 1 rings (SSSR count). The maximum Gasteiger partial charge on any atom is 0.305 e. The highest BCUT2D eigenvalue weighted by molar-refractivity contribution is 5.77. The van der Waals surface area contributed by atoms with Crippen LogP contribution in [0.3, 0.4) is 0 Å². The van der Waals surface area contributed by atoms with Crippen LogP contribution in [0.2, 0.25) is 0 Å². The van der Waals surface area contributed by atoms with Gasteiger partial charge in [0.25, 0.3) is 5.91 Å². The Morgan fingerprint density at radius 3 is 2.52 bits per heavy atom. The Morgan fingerprint density at radius 2 is 1.86 bits per heavy atom. The average molecular weight is 297 g/mol. The van der Waals surface area contributed by atoms with E-state index in [1.54, 1.807) is 0 Å². The van der Waals surface area contributed by atoms with E-state index in [9.17, 15) is 14.0 Å². The summed E-state index contributed by atoms with van der Waals surface area (Å²) in [5.74, 6) is -0.345. The molecule has 0 bridgehead atoms. The third-order valence-electron chi connectivity index (χ3n) is 2.79. The van der Waals surface area contributed by atoms with E-state index in [1.807, 2.05) is 0 Å². The second-order valence-electron chi connectivity index (χ2n) is 4.48. The highest BCUT2D eigenvalue weighted by Crippen LogP contribution is 2.10. The Kier molecular flexibility index (Phi) is 7.86. The van der Waals surface area contributed by atoms with Crippen molar-refractivity contribution in [2.24, 2.45) is 0 Å². The smallest absolute Gasteiger partial charge is 0.305 e. The van der Waals surface area contributed by atoms with Gasteiger partial charge in [-0.15, -0.1) is 0 Å². The minimum atomic E-state index is -0.348. The van der Waals surface area contributed by atoms with Crippen molar-refractivity contribution in [2.45, 2.75) is 25.7 Å². The molecule has 0 saturated heterocycles. The van der Waals surface area contributed by atoms with Crippen LogP contribution >= 0.6 is 0 Å². The number of amides is 1. The number of rotatable bonds is 9. The first-order chi connectivity index (χ1) is 10.1. The van der Waals surface area contributed by atoms with Crippen LogP contribution in [-0.2, 0) is 14.3 Å². The molecule has 1 amide bonds. The van der Waals surface area contributed by atoms with E-state index in [2.05, 4.69) is 10.1 Å². The van der Waals surface area contributed by atoms with Crippen LogP contribution < -0.4 is 10.1 Å². The van der Waals surface area contributed by atoms with Gasteiger partial charge in [0.05, 0.1) is 7.11 Å². The normalized spacial score (nSPS) is 10.0. The van der Waals surface area contributed by atoms with Gasteiger partial charge in [0.15, 0.2) is 6.61 Å². The molecule has 1 aromatic carbocycles.